The van der Waals surface area contributed by atoms with Crippen molar-refractivity contribution >= 4 is 49.8 Å². The van der Waals surface area contributed by atoms with Gasteiger partial charge in [0.15, 0.2) is 0 Å². The topological polar surface area (TPSA) is 108 Å². The molecule has 4 heterocycles. The molecular formula is C64H44N8O4. The Hall–Kier alpha value is -10.5. The third kappa shape index (κ3) is 6.92. The van der Waals surface area contributed by atoms with Gasteiger partial charge in [-0.25, -0.2) is 19.2 Å². The lowest BCUT2D eigenvalue weighted by atomic mass is 10.0. The molecule has 12 heteroatoms. The minimum Gasteiger partial charge on any atom is -0.264 e. The molecule has 1 aliphatic rings. The van der Waals surface area contributed by atoms with Crippen molar-refractivity contribution in [2.75, 3.05) is 0 Å². The second kappa shape index (κ2) is 17.6. The number of aromatic nitrogens is 8. The van der Waals surface area contributed by atoms with Crippen molar-refractivity contribution < 1.29 is 0 Å². The standard InChI is InChI=1S/C64H44N8O4/c73-61-65(45-15-3-1-4-16-45)53-19-7-9-21-55(53)69(61)49-35-39-51(40-36-49)71-59-25-13-11-23-57(59)67(63(71)75)47-31-27-43(28-32-47)44-29-33-48(34-30-44)68-58-24-12-14-26-60(58)72(64(68)76)52-41-37-50(38-42-52)70-56-22-10-8-20-54(56)66(62(70)74)46-17-5-2-6-18-46/h1-5,7-17,19-42H,6,18H2. The Labute approximate surface area is 432 Å². The van der Waals surface area contributed by atoms with Crippen molar-refractivity contribution in [1.82, 2.24) is 36.5 Å². The van der Waals surface area contributed by atoms with E-state index < -0.39 is 0 Å². The molecule has 9 aromatic carbocycles. The average Bonchev–Trinajstić information content (AvgIpc) is 4.21. The monoisotopic (exact) mass is 988 g/mol. The van der Waals surface area contributed by atoms with Crippen LogP contribution in [0.15, 0.2) is 262 Å². The predicted molar refractivity (Wildman–Crippen MR) is 303 cm³/mol. The fraction of sp³-hybridized carbons (Fsp3) is 0.0312. The molecule has 0 atom stereocenters. The third-order valence-electron chi connectivity index (χ3n) is 14.6. The maximum atomic E-state index is 14.6. The normalized spacial score (nSPS) is 12.6. The van der Waals surface area contributed by atoms with E-state index in [1.54, 1.807) is 36.5 Å². The molecule has 76 heavy (non-hydrogen) atoms. The molecule has 0 aliphatic heterocycles. The van der Waals surface area contributed by atoms with Gasteiger partial charge in [0.25, 0.3) is 0 Å². The van der Waals surface area contributed by atoms with Crippen LogP contribution in [-0.4, -0.2) is 36.5 Å². The van der Waals surface area contributed by atoms with E-state index in [-0.39, 0.29) is 22.8 Å². The first kappa shape index (κ1) is 44.3. The lowest BCUT2D eigenvalue weighted by Crippen LogP contribution is -2.23. The zero-order valence-electron chi connectivity index (χ0n) is 40.7. The van der Waals surface area contributed by atoms with Gasteiger partial charge >= 0.3 is 22.8 Å². The Morgan fingerprint density at radius 2 is 0.487 bits per heavy atom. The van der Waals surface area contributed by atoms with Crippen LogP contribution in [0.3, 0.4) is 0 Å². The smallest absolute Gasteiger partial charge is 0.264 e. The minimum atomic E-state index is -0.228. The van der Waals surface area contributed by atoms with Crippen LogP contribution in [0.25, 0.3) is 101 Å². The summed E-state index contributed by atoms with van der Waals surface area (Å²) in [6, 6.07) is 71.5. The number of hydrogen-bond acceptors (Lipinski definition) is 4. The van der Waals surface area contributed by atoms with Gasteiger partial charge in [0.05, 0.1) is 83.9 Å². The highest BCUT2D eigenvalue weighted by Gasteiger charge is 2.22. The van der Waals surface area contributed by atoms with Crippen LogP contribution < -0.4 is 22.8 Å². The molecule has 364 valence electrons. The maximum absolute atomic E-state index is 14.6. The molecule has 0 N–H and O–H groups in total. The SMILES string of the molecule is O=c1n(C2=CC=CCC2)c2ccccc2n1-c1ccc(-n2c(=O)n(-c3ccc(-c4ccc(-n5c(=O)n(-c6ccc(-n7c(=O)n(-c8ccccc8)c8ccccc87)cc6)c6ccccc65)cc4)cc3)c3ccccc32)cc1. The number of allylic oxidation sites excluding steroid dienone is 4. The molecule has 0 saturated heterocycles. The van der Waals surface area contributed by atoms with E-state index in [4.69, 9.17) is 0 Å². The second-order valence-corrected chi connectivity index (χ2v) is 18.9. The molecule has 13 aromatic rings. The summed E-state index contributed by atoms with van der Waals surface area (Å²) in [5.74, 6) is 0. The highest BCUT2D eigenvalue weighted by atomic mass is 16.2. The Morgan fingerprint density at radius 1 is 0.250 bits per heavy atom. The van der Waals surface area contributed by atoms with E-state index in [1.165, 1.54) is 0 Å². The van der Waals surface area contributed by atoms with E-state index in [1.807, 2.05) is 237 Å². The number of fused-ring (bicyclic) bond motifs is 4. The van der Waals surface area contributed by atoms with Crippen LogP contribution in [0.1, 0.15) is 12.8 Å². The molecule has 4 aromatic heterocycles. The van der Waals surface area contributed by atoms with Crippen molar-refractivity contribution in [1.29, 1.82) is 0 Å². The second-order valence-electron chi connectivity index (χ2n) is 18.9. The molecule has 0 unspecified atom stereocenters. The zero-order valence-corrected chi connectivity index (χ0v) is 40.7. The fourth-order valence-electron chi connectivity index (χ4n) is 11.1. The van der Waals surface area contributed by atoms with Gasteiger partial charge in [0.1, 0.15) is 0 Å². The number of imidazole rings is 4. The van der Waals surface area contributed by atoms with E-state index in [2.05, 4.69) is 6.08 Å². The van der Waals surface area contributed by atoms with Gasteiger partial charge in [0, 0.05) is 5.70 Å². The van der Waals surface area contributed by atoms with Crippen LogP contribution in [-0.2, 0) is 0 Å². The molecule has 0 radical (unpaired) electrons. The third-order valence-corrected chi connectivity index (χ3v) is 14.6. The zero-order chi connectivity index (χ0) is 51.0. The maximum Gasteiger partial charge on any atom is 0.338 e. The Kier molecular flexibility index (Phi) is 10.3. The van der Waals surface area contributed by atoms with Crippen molar-refractivity contribution in [2.45, 2.75) is 12.8 Å². The van der Waals surface area contributed by atoms with Crippen LogP contribution in [0.4, 0.5) is 0 Å². The number of nitrogens with zero attached hydrogens (tertiary/aromatic N) is 8. The molecule has 0 bridgehead atoms. The average molecular weight is 989 g/mol. The Bertz CT molecular complexity index is 4750. The van der Waals surface area contributed by atoms with Gasteiger partial charge in [-0.2, -0.15) is 0 Å². The molecule has 12 nitrogen and oxygen atoms in total. The van der Waals surface area contributed by atoms with Gasteiger partial charge in [-0.3, -0.25) is 36.5 Å². The van der Waals surface area contributed by atoms with Gasteiger partial charge in [-0.15, -0.1) is 0 Å². The highest BCUT2D eigenvalue weighted by Crippen LogP contribution is 2.30. The van der Waals surface area contributed by atoms with Crippen molar-refractivity contribution in [3.8, 4) is 50.9 Å². The summed E-state index contributed by atoms with van der Waals surface area (Å²) in [7, 11) is 0. The first-order valence-electron chi connectivity index (χ1n) is 25.2. The van der Waals surface area contributed by atoms with Gasteiger partial charge in [0.2, 0.25) is 0 Å². The predicted octanol–water partition coefficient (Wildman–Crippen LogP) is 11.9. The number of hydrogen-bond donors (Lipinski definition) is 0. The number of para-hydroxylation sites is 9. The fourth-order valence-corrected chi connectivity index (χ4v) is 11.1. The summed E-state index contributed by atoms with van der Waals surface area (Å²) in [6.07, 6.45) is 7.77. The van der Waals surface area contributed by atoms with E-state index in [0.717, 1.165) is 79.5 Å². The molecule has 0 saturated carbocycles. The van der Waals surface area contributed by atoms with E-state index >= 15 is 0 Å². The first-order chi connectivity index (χ1) is 37.4. The van der Waals surface area contributed by atoms with Crippen molar-refractivity contribution in [3.05, 3.63) is 285 Å². The molecule has 0 spiro atoms. The highest BCUT2D eigenvalue weighted by molar-refractivity contribution is 5.85. The summed E-state index contributed by atoms with van der Waals surface area (Å²) in [4.78, 5) is 57.3. The van der Waals surface area contributed by atoms with Gasteiger partial charge in [-0.05, 0) is 164 Å². The lowest BCUT2D eigenvalue weighted by molar-refractivity contribution is 0.887. The number of benzene rings is 9. The molecular weight excluding hydrogens is 945 g/mol. The summed E-state index contributed by atoms with van der Waals surface area (Å²) < 4.78 is 13.8. The summed E-state index contributed by atoms with van der Waals surface area (Å²) in [5.41, 5.74) is 13.2. The van der Waals surface area contributed by atoms with E-state index in [0.29, 0.717) is 34.1 Å². The first-order valence-corrected chi connectivity index (χ1v) is 25.2. The number of rotatable bonds is 9. The van der Waals surface area contributed by atoms with Gasteiger partial charge < -0.3 is 0 Å². The Balaban J connectivity index is 0.759. The molecule has 1 aliphatic carbocycles. The minimum absolute atomic E-state index is 0.135. The van der Waals surface area contributed by atoms with E-state index in [9.17, 15) is 19.2 Å². The lowest BCUT2D eigenvalue weighted by Gasteiger charge is -2.10. The quantitative estimate of drug-likeness (QED) is 0.143. The van der Waals surface area contributed by atoms with Crippen LogP contribution in [0.5, 0.6) is 0 Å². The summed E-state index contributed by atoms with van der Waals surface area (Å²) in [5, 5.41) is 0. The van der Waals surface area contributed by atoms with Crippen LogP contribution in [0, 0.1) is 0 Å². The molecule has 14 rings (SSSR count). The summed E-state index contributed by atoms with van der Waals surface area (Å²) >= 11 is 0. The van der Waals surface area contributed by atoms with Gasteiger partial charge in [-0.1, -0.05) is 103 Å². The Morgan fingerprint density at radius 3 is 0.763 bits per heavy atom. The van der Waals surface area contributed by atoms with Crippen molar-refractivity contribution in [2.24, 2.45) is 0 Å². The molecule has 0 fully saturated rings. The van der Waals surface area contributed by atoms with Crippen LogP contribution >= 0.6 is 0 Å². The molecule has 0 amide bonds. The summed E-state index contributed by atoms with van der Waals surface area (Å²) in [6.45, 7) is 0. The largest absolute Gasteiger partial charge is 0.338 e. The van der Waals surface area contributed by atoms with Crippen LogP contribution in [0.2, 0.25) is 0 Å². The van der Waals surface area contributed by atoms with Crippen molar-refractivity contribution in [3.63, 3.8) is 0 Å².